The molecule has 3 heterocycles. The number of benzene rings is 1. The molecular formula is C27H34N4O5S2. The van der Waals surface area contributed by atoms with Gasteiger partial charge >= 0.3 is 5.63 Å². The number of aryl methyl sites for hydroxylation is 1. The van der Waals surface area contributed by atoms with Crippen LogP contribution >= 0.6 is 21.6 Å². The molecule has 0 bridgehead atoms. The zero-order valence-electron chi connectivity index (χ0n) is 21.6. The molecule has 1 aromatic carbocycles. The van der Waals surface area contributed by atoms with Crippen molar-refractivity contribution in [2.75, 3.05) is 12.4 Å². The third-order valence-corrected chi connectivity index (χ3v) is 9.35. The molecule has 38 heavy (non-hydrogen) atoms. The number of nitrogens with one attached hydrogen (secondary N) is 1. The van der Waals surface area contributed by atoms with Gasteiger partial charge < -0.3 is 14.5 Å². The number of ether oxygens (including phenoxy) is 1. The highest BCUT2D eigenvalue weighted by Gasteiger charge is 2.16. The number of hydrogen-bond donors (Lipinski definition) is 1. The second-order valence-corrected chi connectivity index (χ2v) is 12.2. The van der Waals surface area contributed by atoms with Gasteiger partial charge in [-0.15, -0.1) is 5.10 Å². The quantitative estimate of drug-likeness (QED) is 0.117. The Morgan fingerprint density at radius 3 is 2.89 bits per heavy atom. The van der Waals surface area contributed by atoms with Crippen LogP contribution in [-0.2, 0) is 17.9 Å². The second kappa shape index (κ2) is 14.4. The number of amides is 1. The van der Waals surface area contributed by atoms with Gasteiger partial charge in [0.05, 0.1) is 19.3 Å². The molecule has 2 aromatic heterocycles. The molecule has 1 fully saturated rings. The number of hydrogen-bond acceptors (Lipinski definition) is 9. The van der Waals surface area contributed by atoms with Crippen molar-refractivity contribution in [3.8, 4) is 5.75 Å². The van der Waals surface area contributed by atoms with Crippen LogP contribution in [0.2, 0.25) is 0 Å². The Balaban J connectivity index is 1.08. The van der Waals surface area contributed by atoms with Gasteiger partial charge in [-0.3, -0.25) is 14.3 Å². The van der Waals surface area contributed by atoms with Crippen molar-refractivity contribution >= 4 is 44.2 Å². The molecule has 1 unspecified atom stereocenters. The lowest BCUT2D eigenvalue weighted by molar-refractivity contribution is -0.121. The second-order valence-electron chi connectivity index (χ2n) is 9.44. The van der Waals surface area contributed by atoms with Gasteiger partial charge in [-0.05, 0) is 63.6 Å². The number of carbonyl (C=O) groups is 2. The van der Waals surface area contributed by atoms with Crippen molar-refractivity contribution in [2.24, 2.45) is 0 Å². The van der Waals surface area contributed by atoms with E-state index in [0.717, 1.165) is 49.6 Å². The number of rotatable bonds is 15. The van der Waals surface area contributed by atoms with Gasteiger partial charge in [0, 0.05) is 35.4 Å². The van der Waals surface area contributed by atoms with Crippen LogP contribution in [0.1, 0.15) is 74.3 Å². The average Bonchev–Trinajstić information content (AvgIpc) is 3.59. The van der Waals surface area contributed by atoms with E-state index in [1.807, 2.05) is 27.8 Å². The third-order valence-electron chi connectivity index (χ3n) is 6.35. The van der Waals surface area contributed by atoms with Gasteiger partial charge in [0.1, 0.15) is 22.6 Å². The number of carbonyl (C=O) groups excluding carboxylic acids is 2. The fourth-order valence-corrected chi connectivity index (χ4v) is 7.23. The Bertz CT molecular complexity index is 1290. The number of Topliss-reactive ketones (excluding diaryl/α,β-unsaturated/α-hetero) is 1. The van der Waals surface area contributed by atoms with Crippen LogP contribution in [0.25, 0.3) is 11.0 Å². The van der Waals surface area contributed by atoms with Crippen molar-refractivity contribution in [3.05, 3.63) is 52.1 Å². The fraction of sp³-hybridized carbons (Fsp3) is 0.519. The normalized spacial score (nSPS) is 15.1. The summed E-state index contributed by atoms with van der Waals surface area (Å²) in [5.41, 5.74) is 0.575. The first-order chi connectivity index (χ1) is 18.5. The topological polar surface area (TPSA) is 116 Å². The van der Waals surface area contributed by atoms with E-state index in [9.17, 15) is 14.4 Å². The predicted octanol–water partition coefficient (Wildman–Crippen LogP) is 5.17. The number of nitrogens with zero attached hydrogens (tertiary/aromatic N) is 3. The van der Waals surface area contributed by atoms with E-state index in [4.69, 9.17) is 9.15 Å². The smallest absolute Gasteiger partial charge is 0.347 e. The number of aromatic nitrogens is 3. The van der Waals surface area contributed by atoms with Crippen molar-refractivity contribution in [3.63, 3.8) is 0 Å². The molecule has 0 saturated carbocycles. The largest absolute Gasteiger partial charge is 0.493 e. The maximum atomic E-state index is 12.1. The van der Waals surface area contributed by atoms with Crippen molar-refractivity contribution in [1.82, 2.24) is 20.3 Å². The molecule has 204 valence electrons. The fourth-order valence-electron chi connectivity index (χ4n) is 4.20. The van der Waals surface area contributed by atoms with E-state index < -0.39 is 5.63 Å². The SMILES string of the molecule is CC(=O)c1cc2ccc(OCCCCCn3cc(CNC(=O)CCCCC4CCSS4)nn3)cc2oc1=O. The Morgan fingerprint density at radius 1 is 1.18 bits per heavy atom. The Kier molecular flexibility index (Phi) is 10.7. The molecule has 1 amide bonds. The first-order valence-corrected chi connectivity index (χ1v) is 15.5. The van der Waals surface area contributed by atoms with Crippen LogP contribution in [0, 0.1) is 0 Å². The maximum absolute atomic E-state index is 12.1. The van der Waals surface area contributed by atoms with Crippen LogP contribution in [0.15, 0.2) is 39.7 Å². The van der Waals surface area contributed by atoms with Gasteiger partial charge in [0.15, 0.2) is 5.78 Å². The van der Waals surface area contributed by atoms with Crippen LogP contribution in [0.4, 0.5) is 0 Å². The monoisotopic (exact) mass is 558 g/mol. The van der Waals surface area contributed by atoms with Gasteiger partial charge in [0.2, 0.25) is 5.91 Å². The molecule has 0 radical (unpaired) electrons. The Hall–Kier alpha value is -2.79. The first kappa shape index (κ1) is 28.2. The lowest BCUT2D eigenvalue weighted by Gasteiger charge is -2.07. The Morgan fingerprint density at radius 2 is 2.08 bits per heavy atom. The highest BCUT2D eigenvalue weighted by Crippen LogP contribution is 2.39. The van der Waals surface area contributed by atoms with Gasteiger partial charge in [0.25, 0.3) is 0 Å². The summed E-state index contributed by atoms with van der Waals surface area (Å²) in [5, 5.41) is 12.7. The standard InChI is InChI=1S/C27H34N4O5S2/c1-19(32)24-15-20-9-10-22(16-25(20)36-27(24)34)35-13-6-2-5-12-31-18-21(29-30-31)17-28-26(33)8-4-3-7-23-11-14-37-38-23/h9-10,15-16,18,23H,2-8,11-14,17H2,1H3,(H,28,33). The summed E-state index contributed by atoms with van der Waals surface area (Å²) < 4.78 is 12.9. The van der Waals surface area contributed by atoms with E-state index in [2.05, 4.69) is 15.6 Å². The Labute approximate surface area is 229 Å². The van der Waals surface area contributed by atoms with Gasteiger partial charge in [-0.25, -0.2) is 4.79 Å². The van der Waals surface area contributed by atoms with Crippen molar-refractivity contribution < 1.29 is 18.7 Å². The highest BCUT2D eigenvalue weighted by molar-refractivity contribution is 8.77. The molecule has 1 N–H and O–H groups in total. The van der Waals surface area contributed by atoms with E-state index in [1.54, 1.807) is 28.9 Å². The zero-order chi connectivity index (χ0) is 26.7. The van der Waals surface area contributed by atoms with Crippen LogP contribution < -0.4 is 15.7 Å². The van der Waals surface area contributed by atoms with Gasteiger partial charge in [-0.1, -0.05) is 33.2 Å². The summed E-state index contributed by atoms with van der Waals surface area (Å²) in [6.45, 7) is 3.03. The highest BCUT2D eigenvalue weighted by atomic mass is 33.1. The zero-order valence-corrected chi connectivity index (χ0v) is 23.3. The molecule has 1 atom stereocenters. The first-order valence-electron chi connectivity index (χ1n) is 13.1. The maximum Gasteiger partial charge on any atom is 0.347 e. The molecule has 1 aliphatic heterocycles. The van der Waals surface area contributed by atoms with Gasteiger partial charge in [-0.2, -0.15) is 0 Å². The molecule has 3 aromatic rings. The summed E-state index contributed by atoms with van der Waals surface area (Å²) in [6.07, 6.45) is 9.73. The van der Waals surface area contributed by atoms with Crippen LogP contribution in [0.5, 0.6) is 5.75 Å². The molecule has 11 heteroatoms. The van der Waals surface area contributed by atoms with E-state index in [0.29, 0.717) is 36.3 Å². The molecule has 0 aliphatic carbocycles. The number of fused-ring (bicyclic) bond motifs is 1. The van der Waals surface area contributed by atoms with Crippen molar-refractivity contribution in [1.29, 1.82) is 0 Å². The van der Waals surface area contributed by atoms with E-state index in [1.165, 1.54) is 25.5 Å². The summed E-state index contributed by atoms with van der Waals surface area (Å²) in [5.74, 6) is 1.63. The molecule has 0 spiro atoms. The van der Waals surface area contributed by atoms with E-state index in [-0.39, 0.29) is 17.3 Å². The summed E-state index contributed by atoms with van der Waals surface area (Å²) >= 11 is 0. The predicted molar refractivity (Wildman–Crippen MR) is 151 cm³/mol. The van der Waals surface area contributed by atoms with Crippen molar-refractivity contribution in [2.45, 2.75) is 76.6 Å². The minimum atomic E-state index is -0.635. The summed E-state index contributed by atoms with van der Waals surface area (Å²) in [4.78, 5) is 35.5. The molecule has 9 nitrogen and oxygen atoms in total. The molecule has 1 aliphatic rings. The van der Waals surface area contributed by atoms with E-state index >= 15 is 0 Å². The van der Waals surface area contributed by atoms with Crippen LogP contribution in [-0.4, -0.2) is 44.3 Å². The third kappa shape index (κ3) is 8.62. The lowest BCUT2D eigenvalue weighted by Crippen LogP contribution is -2.22. The number of ketones is 1. The minimum absolute atomic E-state index is 0.0502. The number of unbranched alkanes of at least 4 members (excludes halogenated alkanes) is 3. The lowest BCUT2D eigenvalue weighted by atomic mass is 10.1. The molecular weight excluding hydrogens is 524 g/mol. The average molecular weight is 559 g/mol. The summed E-state index contributed by atoms with van der Waals surface area (Å²) in [6, 6.07) is 6.80. The van der Waals surface area contributed by atoms with Crippen LogP contribution in [0.3, 0.4) is 0 Å². The molecule has 4 rings (SSSR count). The minimum Gasteiger partial charge on any atom is -0.493 e. The molecule has 1 saturated heterocycles. The summed E-state index contributed by atoms with van der Waals surface area (Å²) in [7, 11) is 3.95.